The van der Waals surface area contributed by atoms with Crippen LogP contribution in [0.15, 0.2) is 39.6 Å². The van der Waals surface area contributed by atoms with Crippen LogP contribution in [0.25, 0.3) is 0 Å². The van der Waals surface area contributed by atoms with Crippen LogP contribution in [0.4, 0.5) is 5.69 Å². The molecule has 6 heteroatoms. The summed E-state index contributed by atoms with van der Waals surface area (Å²) in [6.45, 7) is 8.87. The zero-order chi connectivity index (χ0) is 16.5. The van der Waals surface area contributed by atoms with Crippen molar-refractivity contribution in [3.63, 3.8) is 0 Å². The number of primary sulfonamides is 1. The highest BCUT2D eigenvalue weighted by atomic mass is 32.2. The third-order valence-electron chi connectivity index (χ3n) is 3.43. The van der Waals surface area contributed by atoms with E-state index in [0.717, 1.165) is 22.8 Å². The van der Waals surface area contributed by atoms with E-state index >= 15 is 0 Å². The fourth-order valence-electron chi connectivity index (χ4n) is 2.02. The van der Waals surface area contributed by atoms with E-state index in [2.05, 4.69) is 32.2 Å². The Morgan fingerprint density at radius 2 is 1.77 bits per heavy atom. The molecule has 0 amide bonds. The summed E-state index contributed by atoms with van der Waals surface area (Å²) in [5, 5.41) is 8.32. The van der Waals surface area contributed by atoms with Gasteiger partial charge in [-0.2, -0.15) is 0 Å². The van der Waals surface area contributed by atoms with Gasteiger partial charge < -0.3 is 9.73 Å². The normalized spacial score (nSPS) is 12.4. The number of rotatable bonds is 4. The van der Waals surface area contributed by atoms with Crippen LogP contribution in [0.1, 0.15) is 37.9 Å². The molecule has 0 atom stereocenters. The molecule has 5 nitrogen and oxygen atoms in total. The predicted octanol–water partition coefficient (Wildman–Crippen LogP) is 3.15. The minimum atomic E-state index is -3.65. The average molecular weight is 322 g/mol. The van der Waals surface area contributed by atoms with Gasteiger partial charge in [-0.3, -0.25) is 0 Å². The first-order chi connectivity index (χ1) is 10.1. The number of hydrogen-bond acceptors (Lipinski definition) is 4. The molecule has 3 N–H and O–H groups in total. The summed E-state index contributed by atoms with van der Waals surface area (Å²) >= 11 is 0. The minimum Gasteiger partial charge on any atom is -0.465 e. The molecule has 0 bridgehead atoms. The number of aryl methyl sites for hydroxylation is 1. The lowest BCUT2D eigenvalue weighted by Gasteiger charge is -2.13. The van der Waals surface area contributed by atoms with Crippen molar-refractivity contribution in [2.75, 3.05) is 5.32 Å². The molecule has 0 aliphatic rings. The Hall–Kier alpha value is -1.79. The summed E-state index contributed by atoms with van der Waals surface area (Å²) in [7, 11) is -3.65. The summed E-state index contributed by atoms with van der Waals surface area (Å²) < 4.78 is 28.2. The molecule has 0 fully saturated rings. The second kappa shape index (κ2) is 5.78. The highest BCUT2D eigenvalue weighted by Crippen LogP contribution is 2.27. The molecular weight excluding hydrogens is 300 g/mol. The van der Waals surface area contributed by atoms with Gasteiger partial charge in [0.1, 0.15) is 11.5 Å². The zero-order valence-electron chi connectivity index (χ0n) is 13.3. The molecule has 0 saturated carbocycles. The van der Waals surface area contributed by atoms with E-state index in [1.807, 2.05) is 6.92 Å². The molecule has 2 rings (SSSR count). The van der Waals surface area contributed by atoms with Gasteiger partial charge in [0.05, 0.1) is 4.90 Å². The zero-order valence-corrected chi connectivity index (χ0v) is 14.1. The second-order valence-corrected chi connectivity index (χ2v) is 7.93. The van der Waals surface area contributed by atoms with Crippen molar-refractivity contribution in [1.82, 2.24) is 0 Å². The number of benzene rings is 1. The van der Waals surface area contributed by atoms with Gasteiger partial charge >= 0.3 is 0 Å². The molecule has 120 valence electrons. The summed E-state index contributed by atoms with van der Waals surface area (Å²) in [6.07, 6.45) is 0. The fourth-order valence-corrected chi connectivity index (χ4v) is 2.54. The van der Waals surface area contributed by atoms with Crippen molar-refractivity contribution in [2.45, 2.75) is 44.6 Å². The molecule has 0 unspecified atom stereocenters. The van der Waals surface area contributed by atoms with Crippen molar-refractivity contribution in [3.8, 4) is 0 Å². The van der Waals surface area contributed by atoms with E-state index < -0.39 is 10.0 Å². The Kier molecular flexibility index (Phi) is 4.35. The minimum absolute atomic E-state index is 0.0276. The maximum absolute atomic E-state index is 11.2. The smallest absolute Gasteiger partial charge is 0.238 e. The number of anilines is 1. The Morgan fingerprint density at radius 1 is 1.18 bits per heavy atom. The Bertz CT molecular complexity index is 754. The van der Waals surface area contributed by atoms with E-state index in [9.17, 15) is 8.42 Å². The van der Waals surface area contributed by atoms with Gasteiger partial charge in [0.2, 0.25) is 10.0 Å². The van der Waals surface area contributed by atoms with Gasteiger partial charge in [0.25, 0.3) is 0 Å². The number of furan rings is 1. The summed E-state index contributed by atoms with van der Waals surface area (Å²) in [5.74, 6) is 1.84. The van der Waals surface area contributed by atoms with E-state index in [-0.39, 0.29) is 10.3 Å². The molecule has 1 aromatic heterocycles. The van der Waals surface area contributed by atoms with Gasteiger partial charge in [-0.15, -0.1) is 0 Å². The van der Waals surface area contributed by atoms with Crippen LogP contribution < -0.4 is 10.5 Å². The van der Waals surface area contributed by atoms with E-state index in [1.54, 1.807) is 12.1 Å². The summed E-state index contributed by atoms with van der Waals surface area (Å²) in [4.78, 5) is 0.104. The lowest BCUT2D eigenvalue weighted by molar-refractivity contribution is 0.395. The molecular formula is C16H22N2O3S. The summed E-state index contributed by atoms with van der Waals surface area (Å²) in [5.41, 5.74) is 1.88. The van der Waals surface area contributed by atoms with Crippen molar-refractivity contribution in [3.05, 3.63) is 47.4 Å². The molecule has 0 aliphatic heterocycles. The second-order valence-electron chi connectivity index (χ2n) is 6.37. The molecule has 1 aromatic carbocycles. The number of sulfonamides is 1. The molecule has 0 aliphatic carbocycles. The topological polar surface area (TPSA) is 85.3 Å². The largest absolute Gasteiger partial charge is 0.465 e. The maximum Gasteiger partial charge on any atom is 0.238 e. The van der Waals surface area contributed by atoms with Crippen LogP contribution in [-0.4, -0.2) is 8.42 Å². The average Bonchev–Trinajstić information content (AvgIpc) is 2.77. The quantitative estimate of drug-likeness (QED) is 0.905. The molecule has 22 heavy (non-hydrogen) atoms. The standard InChI is InChI=1S/C16H22N2O3S/c1-11-12(9-15(21-11)16(2,3)4)10-18-13-5-7-14(8-6-13)22(17,19)20/h5-9,18H,10H2,1-4H3,(H2,17,19,20). The van der Waals surface area contributed by atoms with Crippen LogP contribution in [0.5, 0.6) is 0 Å². The first-order valence-electron chi connectivity index (χ1n) is 7.04. The first kappa shape index (κ1) is 16.6. The Balaban J connectivity index is 2.09. The fraction of sp³-hybridized carbons (Fsp3) is 0.375. The van der Waals surface area contributed by atoms with Gasteiger partial charge in [-0.25, -0.2) is 13.6 Å². The highest BCUT2D eigenvalue weighted by Gasteiger charge is 2.20. The lowest BCUT2D eigenvalue weighted by atomic mass is 9.93. The van der Waals surface area contributed by atoms with E-state index in [1.165, 1.54) is 12.1 Å². The monoisotopic (exact) mass is 322 g/mol. The first-order valence-corrected chi connectivity index (χ1v) is 8.58. The van der Waals surface area contributed by atoms with Crippen molar-refractivity contribution in [1.29, 1.82) is 0 Å². The number of hydrogen-bond donors (Lipinski definition) is 2. The Morgan fingerprint density at radius 3 is 2.23 bits per heavy atom. The van der Waals surface area contributed by atoms with Gasteiger partial charge in [0, 0.05) is 23.2 Å². The van der Waals surface area contributed by atoms with Crippen molar-refractivity contribution in [2.24, 2.45) is 5.14 Å². The van der Waals surface area contributed by atoms with Gasteiger partial charge in [-0.1, -0.05) is 20.8 Å². The third-order valence-corrected chi connectivity index (χ3v) is 4.35. The molecule has 1 heterocycles. The lowest BCUT2D eigenvalue weighted by Crippen LogP contribution is -2.12. The van der Waals surface area contributed by atoms with E-state index in [4.69, 9.17) is 9.56 Å². The van der Waals surface area contributed by atoms with Crippen molar-refractivity contribution < 1.29 is 12.8 Å². The van der Waals surface area contributed by atoms with E-state index in [0.29, 0.717) is 6.54 Å². The van der Waals surface area contributed by atoms with Gasteiger partial charge in [-0.05, 0) is 37.3 Å². The molecule has 0 saturated heterocycles. The van der Waals surface area contributed by atoms with Crippen LogP contribution in [-0.2, 0) is 22.0 Å². The molecule has 0 radical (unpaired) electrons. The predicted molar refractivity (Wildman–Crippen MR) is 87.3 cm³/mol. The van der Waals surface area contributed by atoms with Crippen LogP contribution in [0.3, 0.4) is 0 Å². The third kappa shape index (κ3) is 3.90. The van der Waals surface area contributed by atoms with Gasteiger partial charge in [0.15, 0.2) is 0 Å². The van der Waals surface area contributed by atoms with Crippen LogP contribution >= 0.6 is 0 Å². The number of nitrogens with two attached hydrogens (primary N) is 1. The number of nitrogens with one attached hydrogen (secondary N) is 1. The SMILES string of the molecule is Cc1oc(C(C)(C)C)cc1CNc1ccc(S(N)(=O)=O)cc1. The summed E-state index contributed by atoms with van der Waals surface area (Å²) in [6, 6.07) is 8.42. The van der Waals surface area contributed by atoms with Crippen molar-refractivity contribution >= 4 is 15.7 Å². The Labute approximate surface area is 131 Å². The van der Waals surface area contributed by atoms with Crippen LogP contribution in [0.2, 0.25) is 0 Å². The molecule has 0 spiro atoms. The maximum atomic E-state index is 11.2. The molecule has 2 aromatic rings. The van der Waals surface area contributed by atoms with Crippen LogP contribution in [0, 0.1) is 6.92 Å². The highest BCUT2D eigenvalue weighted by molar-refractivity contribution is 7.89.